The number of hydrogen-bond acceptors (Lipinski definition) is 7. The Balaban J connectivity index is 1.30. The molecule has 0 unspecified atom stereocenters. The van der Waals surface area contributed by atoms with Crippen molar-refractivity contribution in [1.82, 2.24) is 5.01 Å². The molecular formula is C24H17ClN4O3S2. The first-order valence-electron chi connectivity index (χ1n) is 10.2. The summed E-state index contributed by atoms with van der Waals surface area (Å²) in [5.41, 5.74) is 1.12. The first kappa shape index (κ1) is 22.5. The minimum absolute atomic E-state index is 0.0586. The maximum absolute atomic E-state index is 12.6. The number of aryl methyl sites for hydroxylation is 1. The van der Waals surface area contributed by atoms with Crippen LogP contribution in [0.2, 0.25) is 5.02 Å². The number of furan rings is 1. The number of halogens is 1. The van der Waals surface area contributed by atoms with Gasteiger partial charge in [0.25, 0.3) is 5.91 Å². The highest BCUT2D eigenvalue weighted by Gasteiger charge is 2.36. The van der Waals surface area contributed by atoms with Crippen molar-refractivity contribution in [2.24, 2.45) is 10.1 Å². The van der Waals surface area contributed by atoms with Crippen LogP contribution in [0.4, 0.5) is 0 Å². The first-order chi connectivity index (χ1) is 16.5. The second-order valence-corrected chi connectivity index (χ2v) is 9.84. The van der Waals surface area contributed by atoms with Gasteiger partial charge in [-0.2, -0.15) is 15.1 Å². The van der Waals surface area contributed by atoms with Crippen molar-refractivity contribution in [3.05, 3.63) is 82.6 Å². The van der Waals surface area contributed by atoms with E-state index in [0.29, 0.717) is 26.1 Å². The average Bonchev–Trinajstić information content (AvgIpc) is 3.44. The number of benzene rings is 2. The predicted octanol–water partition coefficient (Wildman–Crippen LogP) is 6.09. The van der Waals surface area contributed by atoms with E-state index in [9.17, 15) is 4.79 Å². The van der Waals surface area contributed by atoms with E-state index < -0.39 is 5.91 Å². The number of nitrogens with one attached hydrogen (secondary N) is 1. The van der Waals surface area contributed by atoms with Gasteiger partial charge in [0.05, 0.1) is 5.57 Å². The normalized spacial score (nSPS) is 16.5. The maximum Gasteiger partial charge on any atom is 0.283 e. The van der Waals surface area contributed by atoms with Crippen molar-refractivity contribution >= 4 is 63.2 Å². The van der Waals surface area contributed by atoms with E-state index in [4.69, 9.17) is 26.2 Å². The van der Waals surface area contributed by atoms with Crippen LogP contribution in [0.1, 0.15) is 11.3 Å². The molecule has 10 heteroatoms. The van der Waals surface area contributed by atoms with Crippen LogP contribution in [0.3, 0.4) is 0 Å². The number of hydrazone groups is 1. The largest absolute Gasteiger partial charge is 0.486 e. The number of amides is 1. The van der Waals surface area contributed by atoms with Crippen LogP contribution < -0.4 is 4.74 Å². The fourth-order valence-corrected chi connectivity index (χ4v) is 4.88. The molecule has 3 heterocycles. The molecule has 5 rings (SSSR count). The highest BCUT2D eigenvalue weighted by molar-refractivity contribution is 8.27. The standard InChI is InChI=1S/C24H17ClN4O3S2/c1-14-4-2-3-5-19(14)31-13-20-28-29-22(26)18(23(30)27-24(29)34-20)12-16-8-11-21(32-16)33-17-9-6-15(25)7-10-17/h2-12,26H,13H2,1H3. The fraction of sp³-hybridized carbons (Fsp3) is 0.0833. The topological polar surface area (TPSA) is 91.2 Å². The van der Waals surface area contributed by atoms with Crippen molar-refractivity contribution in [3.8, 4) is 5.75 Å². The number of carbonyl (C=O) groups is 1. The number of aliphatic imine (C=N–C) groups is 1. The van der Waals surface area contributed by atoms with Gasteiger partial charge in [-0.25, -0.2) is 0 Å². The molecule has 7 nitrogen and oxygen atoms in total. The second kappa shape index (κ2) is 9.54. The van der Waals surface area contributed by atoms with Crippen LogP contribution in [0, 0.1) is 12.3 Å². The number of thioether (sulfide) groups is 1. The van der Waals surface area contributed by atoms with Crippen molar-refractivity contribution in [3.63, 3.8) is 0 Å². The third-order valence-electron chi connectivity index (χ3n) is 4.86. The van der Waals surface area contributed by atoms with Gasteiger partial charge in [-0.1, -0.05) is 41.6 Å². The summed E-state index contributed by atoms with van der Waals surface area (Å²) in [5, 5.41) is 16.6. The smallest absolute Gasteiger partial charge is 0.283 e. The number of fused-ring (bicyclic) bond motifs is 1. The number of ether oxygens (including phenoxy) is 1. The summed E-state index contributed by atoms with van der Waals surface area (Å²) in [6, 6.07) is 18.7. The van der Waals surface area contributed by atoms with Crippen LogP contribution in [0.5, 0.6) is 5.75 Å². The van der Waals surface area contributed by atoms with Gasteiger partial charge in [-0.3, -0.25) is 10.2 Å². The molecule has 0 radical (unpaired) electrons. The van der Waals surface area contributed by atoms with E-state index >= 15 is 0 Å². The van der Waals surface area contributed by atoms with E-state index in [1.165, 1.54) is 34.6 Å². The SMILES string of the molecule is Cc1ccccc1OCC1=NN2C(=N)C(=Cc3ccc(Sc4ccc(Cl)cc4)o3)C(=O)N=C2S1. The highest BCUT2D eigenvalue weighted by atomic mass is 35.5. The van der Waals surface area contributed by atoms with Crippen molar-refractivity contribution < 1.29 is 13.9 Å². The highest BCUT2D eigenvalue weighted by Crippen LogP contribution is 2.32. The van der Waals surface area contributed by atoms with Crippen molar-refractivity contribution in [2.45, 2.75) is 16.9 Å². The van der Waals surface area contributed by atoms with E-state index in [1.54, 1.807) is 6.07 Å². The summed E-state index contributed by atoms with van der Waals surface area (Å²) in [5.74, 6) is 0.636. The number of amidine groups is 2. The van der Waals surface area contributed by atoms with E-state index in [2.05, 4.69) is 10.1 Å². The molecule has 2 aromatic carbocycles. The predicted molar refractivity (Wildman–Crippen MR) is 136 cm³/mol. The molecule has 2 aliphatic heterocycles. The molecule has 34 heavy (non-hydrogen) atoms. The minimum atomic E-state index is -0.511. The number of nitrogens with zero attached hydrogens (tertiary/aromatic N) is 3. The molecule has 170 valence electrons. The summed E-state index contributed by atoms with van der Waals surface area (Å²) >= 11 is 8.58. The summed E-state index contributed by atoms with van der Waals surface area (Å²) in [6.07, 6.45) is 1.51. The van der Waals surface area contributed by atoms with Crippen LogP contribution in [-0.4, -0.2) is 33.6 Å². The Morgan fingerprint density at radius 1 is 1.18 bits per heavy atom. The summed E-state index contributed by atoms with van der Waals surface area (Å²) < 4.78 is 11.7. The summed E-state index contributed by atoms with van der Waals surface area (Å²) in [4.78, 5) is 17.7. The average molecular weight is 509 g/mol. The molecule has 0 fully saturated rings. The molecule has 0 spiro atoms. The van der Waals surface area contributed by atoms with Gasteiger partial charge in [-0.05, 0) is 72.8 Å². The Morgan fingerprint density at radius 2 is 1.97 bits per heavy atom. The molecular weight excluding hydrogens is 492 g/mol. The third-order valence-corrected chi connectivity index (χ3v) is 6.92. The molecule has 1 aromatic heterocycles. The third kappa shape index (κ3) is 4.82. The van der Waals surface area contributed by atoms with Gasteiger partial charge >= 0.3 is 0 Å². The molecule has 0 atom stereocenters. The molecule has 1 N–H and O–H groups in total. The summed E-state index contributed by atoms with van der Waals surface area (Å²) in [7, 11) is 0. The Bertz CT molecular complexity index is 1380. The second-order valence-electron chi connectivity index (χ2n) is 7.28. The minimum Gasteiger partial charge on any atom is -0.486 e. The zero-order valence-corrected chi connectivity index (χ0v) is 20.2. The molecule has 0 aliphatic carbocycles. The van der Waals surface area contributed by atoms with Crippen molar-refractivity contribution in [1.29, 1.82) is 5.41 Å². The van der Waals surface area contributed by atoms with Gasteiger partial charge in [0.1, 0.15) is 23.2 Å². The van der Waals surface area contributed by atoms with Crippen LogP contribution in [-0.2, 0) is 4.79 Å². The number of rotatable bonds is 6. The molecule has 0 saturated carbocycles. The van der Waals surface area contributed by atoms with Crippen LogP contribution in [0.15, 0.2) is 90.7 Å². The molecule has 2 aliphatic rings. The molecule has 1 amide bonds. The van der Waals surface area contributed by atoms with Gasteiger partial charge in [0.15, 0.2) is 10.9 Å². The van der Waals surface area contributed by atoms with E-state index in [1.807, 2.05) is 61.5 Å². The monoisotopic (exact) mass is 508 g/mol. The number of carbonyl (C=O) groups excluding carboxylic acids is 1. The quantitative estimate of drug-likeness (QED) is 0.405. The first-order valence-corrected chi connectivity index (χ1v) is 12.2. The lowest BCUT2D eigenvalue weighted by Gasteiger charge is -2.19. The zero-order valence-electron chi connectivity index (χ0n) is 17.8. The molecule has 0 saturated heterocycles. The molecule has 3 aromatic rings. The zero-order chi connectivity index (χ0) is 23.7. The van der Waals surface area contributed by atoms with Gasteiger partial charge in [-0.15, -0.1) is 0 Å². The summed E-state index contributed by atoms with van der Waals surface area (Å²) in [6.45, 7) is 2.18. The molecule has 0 bridgehead atoms. The Kier molecular flexibility index (Phi) is 6.32. The lowest BCUT2D eigenvalue weighted by molar-refractivity contribution is -0.114. The van der Waals surface area contributed by atoms with Gasteiger partial charge < -0.3 is 9.15 Å². The number of hydrogen-bond donors (Lipinski definition) is 1. The van der Waals surface area contributed by atoms with Crippen LogP contribution in [0.25, 0.3) is 6.08 Å². The Morgan fingerprint density at radius 3 is 2.76 bits per heavy atom. The van der Waals surface area contributed by atoms with Gasteiger partial charge in [0, 0.05) is 9.92 Å². The van der Waals surface area contributed by atoms with Crippen molar-refractivity contribution in [2.75, 3.05) is 6.61 Å². The van der Waals surface area contributed by atoms with Gasteiger partial charge in [0.2, 0.25) is 5.17 Å². The maximum atomic E-state index is 12.6. The van der Waals surface area contributed by atoms with Crippen LogP contribution >= 0.6 is 35.1 Å². The van der Waals surface area contributed by atoms with E-state index in [-0.39, 0.29) is 18.0 Å². The lowest BCUT2D eigenvalue weighted by atomic mass is 10.1. The Hall–Kier alpha value is -3.27. The Labute approximate surface area is 209 Å². The number of para-hydroxylation sites is 1. The van der Waals surface area contributed by atoms with E-state index in [0.717, 1.165) is 16.2 Å². The lowest BCUT2D eigenvalue weighted by Crippen LogP contribution is -2.35. The fourth-order valence-electron chi connectivity index (χ4n) is 3.18.